The number of rotatable bonds is 6. The van der Waals surface area contributed by atoms with Crippen LogP contribution in [-0.2, 0) is 14.3 Å². The molecule has 0 aliphatic carbocycles. The number of nitrogens with zero attached hydrogens (tertiary/aromatic N) is 4. The van der Waals surface area contributed by atoms with Crippen molar-refractivity contribution in [2.24, 2.45) is 0 Å². The number of hydrogen-bond acceptors (Lipinski definition) is 6. The molecule has 0 saturated carbocycles. The standard InChI is InChI=1S/C21H20N4O4/c1-13(2)25-19-6-5-15(11-17(19)20(22-4)24-25)18-12-16(7-8-23-18)21(27)29-10-9-28-14(3)26/h5-8,11-13H,9-10H2,1-3H3. The van der Waals surface area contributed by atoms with E-state index in [-0.39, 0.29) is 19.3 Å². The Bertz CT molecular complexity index is 1110. The maximum absolute atomic E-state index is 12.2. The smallest absolute Gasteiger partial charge is 0.338 e. The van der Waals surface area contributed by atoms with Crippen LogP contribution in [0.15, 0.2) is 36.5 Å². The summed E-state index contributed by atoms with van der Waals surface area (Å²) in [7, 11) is 0. The monoisotopic (exact) mass is 392 g/mol. The summed E-state index contributed by atoms with van der Waals surface area (Å²) < 4.78 is 11.7. The van der Waals surface area contributed by atoms with Crippen molar-refractivity contribution in [3.63, 3.8) is 0 Å². The number of hydrogen-bond donors (Lipinski definition) is 0. The second-order valence-electron chi connectivity index (χ2n) is 6.61. The Hall–Kier alpha value is -3.73. The minimum atomic E-state index is -0.531. The SMILES string of the molecule is [C-]#[N+]c1nn(C(C)C)c2ccc(-c3cc(C(=O)OCCOC(C)=O)ccn3)cc12. The van der Waals surface area contributed by atoms with Crippen LogP contribution >= 0.6 is 0 Å². The summed E-state index contributed by atoms with van der Waals surface area (Å²) >= 11 is 0. The summed E-state index contributed by atoms with van der Waals surface area (Å²) in [6, 6.07) is 8.94. The van der Waals surface area contributed by atoms with Crippen molar-refractivity contribution in [3.05, 3.63) is 53.5 Å². The molecular formula is C21H20N4O4. The lowest BCUT2D eigenvalue weighted by Gasteiger charge is -2.07. The van der Waals surface area contributed by atoms with Crippen molar-refractivity contribution >= 4 is 28.7 Å². The summed E-state index contributed by atoms with van der Waals surface area (Å²) in [6.07, 6.45) is 1.52. The predicted octanol–water partition coefficient (Wildman–Crippen LogP) is 3.95. The molecule has 0 spiro atoms. The molecule has 0 atom stereocenters. The fourth-order valence-corrected chi connectivity index (χ4v) is 2.88. The zero-order valence-corrected chi connectivity index (χ0v) is 16.4. The Morgan fingerprint density at radius 1 is 1.17 bits per heavy atom. The molecule has 0 aliphatic rings. The third kappa shape index (κ3) is 4.41. The van der Waals surface area contributed by atoms with Gasteiger partial charge in [-0.2, -0.15) is 4.68 Å². The van der Waals surface area contributed by atoms with Crippen LogP contribution in [0.2, 0.25) is 0 Å². The van der Waals surface area contributed by atoms with Crippen LogP contribution in [0.5, 0.6) is 0 Å². The average Bonchev–Trinajstić information content (AvgIpc) is 3.09. The molecule has 0 radical (unpaired) electrons. The number of benzene rings is 1. The Labute approximate surface area is 167 Å². The zero-order chi connectivity index (χ0) is 21.0. The molecule has 29 heavy (non-hydrogen) atoms. The van der Waals surface area contributed by atoms with Crippen LogP contribution in [0.3, 0.4) is 0 Å². The van der Waals surface area contributed by atoms with Gasteiger partial charge in [-0.05, 0) is 42.7 Å². The van der Waals surface area contributed by atoms with Crippen LogP contribution in [0, 0.1) is 6.57 Å². The van der Waals surface area contributed by atoms with Crippen LogP contribution in [0.4, 0.5) is 5.82 Å². The highest BCUT2D eigenvalue weighted by molar-refractivity contribution is 5.95. The van der Waals surface area contributed by atoms with E-state index >= 15 is 0 Å². The van der Waals surface area contributed by atoms with Crippen molar-refractivity contribution in [2.45, 2.75) is 26.8 Å². The average molecular weight is 392 g/mol. The van der Waals surface area contributed by atoms with Gasteiger partial charge in [-0.1, -0.05) is 18.7 Å². The first-order chi connectivity index (χ1) is 13.9. The summed E-state index contributed by atoms with van der Waals surface area (Å²) in [5.41, 5.74) is 2.55. The number of carbonyl (C=O) groups is 2. The molecule has 3 aromatic rings. The number of aromatic nitrogens is 3. The van der Waals surface area contributed by atoms with E-state index in [0.717, 1.165) is 16.5 Å². The molecule has 148 valence electrons. The van der Waals surface area contributed by atoms with Crippen molar-refractivity contribution in [1.29, 1.82) is 0 Å². The molecule has 0 amide bonds. The Morgan fingerprint density at radius 2 is 1.93 bits per heavy atom. The van der Waals surface area contributed by atoms with Crippen LogP contribution in [0.1, 0.15) is 37.2 Å². The maximum atomic E-state index is 12.2. The highest BCUT2D eigenvalue weighted by Crippen LogP contribution is 2.31. The molecule has 1 aromatic carbocycles. The largest absolute Gasteiger partial charge is 0.462 e. The lowest BCUT2D eigenvalue weighted by Crippen LogP contribution is -2.12. The molecule has 8 heteroatoms. The second-order valence-corrected chi connectivity index (χ2v) is 6.61. The minimum Gasteiger partial charge on any atom is -0.462 e. The van der Waals surface area contributed by atoms with Gasteiger partial charge in [-0.25, -0.2) is 4.79 Å². The highest BCUT2D eigenvalue weighted by atomic mass is 16.6. The molecule has 0 aliphatic heterocycles. The van der Waals surface area contributed by atoms with Gasteiger partial charge in [0.2, 0.25) is 0 Å². The van der Waals surface area contributed by atoms with E-state index < -0.39 is 11.9 Å². The molecule has 0 saturated heterocycles. The molecule has 0 bridgehead atoms. The van der Waals surface area contributed by atoms with Gasteiger partial charge in [0, 0.05) is 18.5 Å². The van der Waals surface area contributed by atoms with Gasteiger partial charge in [0.1, 0.15) is 13.2 Å². The van der Waals surface area contributed by atoms with Gasteiger partial charge >= 0.3 is 17.8 Å². The van der Waals surface area contributed by atoms with Gasteiger partial charge in [-0.15, -0.1) is 0 Å². The van der Waals surface area contributed by atoms with Crippen molar-refractivity contribution in [3.8, 4) is 11.3 Å². The predicted molar refractivity (Wildman–Crippen MR) is 107 cm³/mol. The van der Waals surface area contributed by atoms with E-state index in [1.807, 2.05) is 36.7 Å². The third-order valence-corrected chi connectivity index (χ3v) is 4.19. The lowest BCUT2D eigenvalue weighted by atomic mass is 10.1. The topological polar surface area (TPSA) is 87.7 Å². The molecular weight excluding hydrogens is 372 g/mol. The zero-order valence-electron chi connectivity index (χ0n) is 16.4. The van der Waals surface area contributed by atoms with E-state index in [0.29, 0.717) is 17.1 Å². The summed E-state index contributed by atoms with van der Waals surface area (Å²) in [4.78, 5) is 30.8. The Morgan fingerprint density at radius 3 is 2.62 bits per heavy atom. The molecule has 2 aromatic heterocycles. The van der Waals surface area contributed by atoms with Gasteiger partial charge in [0.15, 0.2) is 0 Å². The summed E-state index contributed by atoms with van der Waals surface area (Å²) in [5, 5.41) is 5.11. The summed E-state index contributed by atoms with van der Waals surface area (Å²) in [6.45, 7) is 12.7. The molecule has 3 rings (SSSR count). The molecule has 2 heterocycles. The Balaban J connectivity index is 1.87. The molecule has 8 nitrogen and oxygen atoms in total. The fourth-order valence-electron chi connectivity index (χ4n) is 2.88. The molecule has 0 fully saturated rings. The first-order valence-electron chi connectivity index (χ1n) is 9.07. The van der Waals surface area contributed by atoms with Gasteiger partial charge in [0.25, 0.3) is 0 Å². The van der Waals surface area contributed by atoms with Gasteiger partial charge in [-0.3, -0.25) is 9.78 Å². The number of carbonyl (C=O) groups excluding carboxylic acids is 2. The minimum absolute atomic E-state index is 0.00885. The second kappa shape index (κ2) is 8.52. The van der Waals surface area contributed by atoms with Crippen molar-refractivity contribution in [1.82, 2.24) is 14.8 Å². The van der Waals surface area contributed by atoms with Crippen LogP contribution in [-0.4, -0.2) is 39.9 Å². The van der Waals surface area contributed by atoms with E-state index in [1.54, 1.807) is 12.1 Å². The van der Waals surface area contributed by atoms with E-state index in [4.69, 9.17) is 16.0 Å². The number of esters is 2. The molecule has 0 unspecified atom stereocenters. The van der Waals surface area contributed by atoms with Gasteiger partial charge < -0.3 is 14.3 Å². The number of pyridine rings is 1. The number of fused-ring (bicyclic) bond motifs is 1. The van der Waals surface area contributed by atoms with Crippen LogP contribution < -0.4 is 0 Å². The Kier molecular flexibility index (Phi) is 5.88. The highest BCUT2D eigenvalue weighted by Gasteiger charge is 2.16. The van der Waals surface area contributed by atoms with Crippen molar-refractivity contribution < 1.29 is 19.1 Å². The van der Waals surface area contributed by atoms with Crippen molar-refractivity contribution in [2.75, 3.05) is 13.2 Å². The van der Waals surface area contributed by atoms with Gasteiger partial charge in [0.05, 0.1) is 22.8 Å². The number of ether oxygens (including phenoxy) is 2. The normalized spacial score (nSPS) is 10.7. The van der Waals surface area contributed by atoms with E-state index in [1.165, 1.54) is 13.1 Å². The molecule has 0 N–H and O–H groups in total. The van der Waals surface area contributed by atoms with E-state index in [9.17, 15) is 9.59 Å². The maximum Gasteiger partial charge on any atom is 0.338 e. The first-order valence-corrected chi connectivity index (χ1v) is 9.07. The quantitative estimate of drug-likeness (QED) is 0.359. The summed E-state index contributed by atoms with van der Waals surface area (Å²) in [5.74, 6) is -0.629. The lowest BCUT2D eigenvalue weighted by molar-refractivity contribution is -0.142. The third-order valence-electron chi connectivity index (χ3n) is 4.19. The van der Waals surface area contributed by atoms with E-state index in [2.05, 4.69) is 14.9 Å². The van der Waals surface area contributed by atoms with Crippen LogP contribution in [0.25, 0.3) is 27.0 Å². The first kappa shape index (κ1) is 20.0. The fraction of sp³-hybridized carbons (Fsp3) is 0.286.